The smallest absolute Gasteiger partial charge is 0.317 e. The Balaban J connectivity index is 3.10. The first-order valence-corrected chi connectivity index (χ1v) is 3.83. The van der Waals surface area contributed by atoms with Crippen molar-refractivity contribution in [3.63, 3.8) is 0 Å². The topological polar surface area (TPSA) is 105 Å². The lowest BCUT2D eigenvalue weighted by Crippen LogP contribution is -2.38. The fourth-order valence-corrected chi connectivity index (χ4v) is 0.930. The molecule has 0 radical (unpaired) electrons. The molecular formula is C7H6F2N4O3. The lowest BCUT2D eigenvalue weighted by Gasteiger charge is -2.18. The van der Waals surface area contributed by atoms with Crippen LogP contribution in [0, 0.1) is 27.2 Å². The second-order valence-corrected chi connectivity index (χ2v) is 2.58. The van der Waals surface area contributed by atoms with Crippen LogP contribution in [0.2, 0.25) is 0 Å². The zero-order chi connectivity index (χ0) is 12.3. The lowest BCUT2D eigenvalue weighted by molar-refractivity contribution is -0.758. The van der Waals surface area contributed by atoms with Crippen molar-refractivity contribution in [1.29, 1.82) is 5.41 Å². The summed E-state index contributed by atoms with van der Waals surface area (Å²) >= 11 is 0. The summed E-state index contributed by atoms with van der Waals surface area (Å²) in [4.78, 5) is 13.9. The molecule has 0 saturated carbocycles. The minimum absolute atomic E-state index is 0.120. The quantitative estimate of drug-likeness (QED) is 0.347. The van der Waals surface area contributed by atoms with E-state index in [0.717, 1.165) is 12.1 Å². The van der Waals surface area contributed by atoms with Crippen molar-refractivity contribution >= 4 is 11.6 Å². The number of nitrogens with two attached hydrogens (primary N) is 1. The molecule has 0 fully saturated rings. The minimum atomic E-state index is -1.27. The Morgan fingerprint density at radius 2 is 2.19 bits per heavy atom. The molecule has 0 heterocycles. The van der Waals surface area contributed by atoms with Gasteiger partial charge in [-0.15, -0.1) is 15.2 Å². The van der Waals surface area contributed by atoms with E-state index in [0.29, 0.717) is 6.07 Å². The molecule has 0 atom stereocenters. The van der Waals surface area contributed by atoms with Gasteiger partial charge in [0.2, 0.25) is 5.96 Å². The van der Waals surface area contributed by atoms with E-state index >= 15 is 0 Å². The zero-order valence-corrected chi connectivity index (χ0v) is 7.68. The summed E-state index contributed by atoms with van der Waals surface area (Å²) in [6, 6.07) is 2.18. The van der Waals surface area contributed by atoms with Crippen molar-refractivity contribution in [3.8, 4) is 0 Å². The van der Waals surface area contributed by atoms with E-state index in [1.807, 2.05) is 0 Å². The van der Waals surface area contributed by atoms with Gasteiger partial charge in [0.15, 0.2) is 5.82 Å². The van der Waals surface area contributed by atoms with Gasteiger partial charge in [-0.05, 0) is 12.1 Å². The average Bonchev–Trinajstić information content (AvgIpc) is 2.14. The Kier molecular flexibility index (Phi) is 3.18. The Hall–Kier alpha value is -2.45. The number of anilines is 1. The highest BCUT2D eigenvalue weighted by molar-refractivity contribution is 5.90. The Morgan fingerprint density at radius 3 is 2.62 bits per heavy atom. The van der Waals surface area contributed by atoms with Gasteiger partial charge in [-0.3, -0.25) is 5.41 Å². The molecule has 3 N–H and O–H groups in total. The lowest BCUT2D eigenvalue weighted by atomic mass is 10.3. The van der Waals surface area contributed by atoms with Crippen molar-refractivity contribution in [2.45, 2.75) is 0 Å². The molecule has 0 amide bonds. The monoisotopic (exact) mass is 232 g/mol. The van der Waals surface area contributed by atoms with Gasteiger partial charge < -0.3 is 5.73 Å². The number of nitrogens with one attached hydrogen (secondary N) is 1. The molecule has 1 rings (SSSR count). The molecular weight excluding hydrogens is 226 g/mol. The molecule has 16 heavy (non-hydrogen) atoms. The second-order valence-electron chi connectivity index (χ2n) is 2.58. The van der Waals surface area contributed by atoms with Gasteiger partial charge in [0.1, 0.15) is 11.5 Å². The molecule has 1 aromatic rings. The number of rotatable bonds is 3. The molecule has 9 heteroatoms. The Morgan fingerprint density at radius 1 is 1.56 bits per heavy atom. The first-order valence-electron chi connectivity index (χ1n) is 3.83. The number of hydroxylamine groups is 1. The number of benzene rings is 1. The number of hydrogen-bond acceptors (Lipinski definition) is 4. The van der Waals surface area contributed by atoms with Crippen LogP contribution < -0.4 is 10.8 Å². The van der Waals surface area contributed by atoms with E-state index in [1.165, 1.54) is 0 Å². The summed E-state index contributed by atoms with van der Waals surface area (Å²) in [6.45, 7) is 0. The second kappa shape index (κ2) is 4.38. The molecule has 0 bridgehead atoms. The summed E-state index contributed by atoms with van der Waals surface area (Å²) in [6.07, 6.45) is 0. The van der Waals surface area contributed by atoms with Gasteiger partial charge in [-0.25, -0.2) is 8.78 Å². The van der Waals surface area contributed by atoms with Crippen LogP contribution in [-0.4, -0.2) is 11.0 Å². The normalized spacial score (nSPS) is 9.62. The molecule has 0 unspecified atom stereocenters. The maximum Gasteiger partial charge on any atom is 0.317 e. The van der Waals surface area contributed by atoms with Crippen molar-refractivity contribution in [2.24, 2.45) is 5.73 Å². The van der Waals surface area contributed by atoms with Crippen LogP contribution in [0.1, 0.15) is 0 Å². The fraction of sp³-hybridized carbons (Fsp3) is 0. The van der Waals surface area contributed by atoms with Crippen LogP contribution in [0.15, 0.2) is 18.2 Å². The van der Waals surface area contributed by atoms with Crippen LogP contribution in [-0.2, 0) is 4.94 Å². The van der Waals surface area contributed by atoms with Crippen LogP contribution in [0.5, 0.6) is 0 Å². The third-order valence-electron chi connectivity index (χ3n) is 1.50. The van der Waals surface area contributed by atoms with E-state index in [4.69, 9.17) is 11.1 Å². The van der Waals surface area contributed by atoms with Crippen LogP contribution in [0.4, 0.5) is 14.5 Å². The van der Waals surface area contributed by atoms with Gasteiger partial charge in [-0.2, -0.15) is 4.94 Å². The van der Waals surface area contributed by atoms with Gasteiger partial charge in [0.25, 0.3) is 0 Å². The van der Waals surface area contributed by atoms with Gasteiger partial charge in [-0.1, -0.05) is 0 Å². The largest absolute Gasteiger partial charge is 0.368 e. The van der Waals surface area contributed by atoms with Crippen molar-refractivity contribution in [1.82, 2.24) is 0 Å². The number of nitrogens with zero attached hydrogens (tertiary/aromatic N) is 2. The van der Waals surface area contributed by atoms with Gasteiger partial charge in [0, 0.05) is 6.07 Å². The summed E-state index contributed by atoms with van der Waals surface area (Å²) < 4.78 is 25.7. The van der Waals surface area contributed by atoms with E-state index in [-0.39, 0.29) is 5.06 Å². The zero-order valence-electron chi connectivity index (χ0n) is 7.68. The summed E-state index contributed by atoms with van der Waals surface area (Å²) in [7, 11) is 0. The predicted octanol–water partition coefficient (Wildman–Crippen LogP) is 0.788. The molecule has 7 nitrogen and oxygen atoms in total. The highest BCUT2D eigenvalue weighted by Gasteiger charge is 2.18. The predicted molar refractivity (Wildman–Crippen MR) is 48.8 cm³/mol. The minimum Gasteiger partial charge on any atom is -0.368 e. The fourth-order valence-electron chi connectivity index (χ4n) is 0.930. The van der Waals surface area contributed by atoms with Crippen LogP contribution >= 0.6 is 0 Å². The average molecular weight is 232 g/mol. The van der Waals surface area contributed by atoms with Crippen molar-refractivity contribution in [2.75, 3.05) is 5.06 Å². The van der Waals surface area contributed by atoms with Gasteiger partial charge in [0.05, 0.1) is 0 Å². The first kappa shape index (κ1) is 11.6. The van der Waals surface area contributed by atoms with Crippen LogP contribution in [0.3, 0.4) is 0 Å². The van der Waals surface area contributed by atoms with E-state index < -0.39 is 28.4 Å². The molecule has 0 aromatic heterocycles. The number of halogens is 2. The van der Waals surface area contributed by atoms with Crippen LogP contribution in [0.25, 0.3) is 0 Å². The highest BCUT2D eigenvalue weighted by Crippen LogP contribution is 2.20. The van der Waals surface area contributed by atoms with E-state index in [1.54, 1.807) is 0 Å². The highest BCUT2D eigenvalue weighted by atomic mass is 19.1. The molecule has 0 aliphatic rings. The van der Waals surface area contributed by atoms with Crippen molar-refractivity contribution < 1.29 is 18.8 Å². The van der Waals surface area contributed by atoms with E-state index in [2.05, 4.69) is 4.94 Å². The summed E-state index contributed by atoms with van der Waals surface area (Å²) in [5.74, 6) is -2.93. The molecule has 0 aliphatic carbocycles. The SMILES string of the molecule is N=C(N)N(O[N+](=O)[O-])c1ccc(F)cc1F. The first-order chi connectivity index (χ1) is 7.41. The van der Waals surface area contributed by atoms with E-state index in [9.17, 15) is 18.9 Å². The van der Waals surface area contributed by atoms with Gasteiger partial charge >= 0.3 is 5.09 Å². The molecule has 0 spiro atoms. The number of hydrogen-bond donors (Lipinski definition) is 2. The molecule has 0 aliphatic heterocycles. The standard InChI is InChI=1S/C7H6F2N4O3/c8-4-1-2-6(5(9)3-4)12(7(10)11)16-13(14)15/h1-3H,(H3,10,11). The number of guanidine groups is 1. The molecule has 86 valence electrons. The summed E-state index contributed by atoms with van der Waals surface area (Å²) in [5.41, 5.74) is 4.41. The Bertz CT molecular complexity index is 440. The Labute approximate surface area is 87.6 Å². The summed E-state index contributed by atoms with van der Waals surface area (Å²) in [5, 5.41) is 15.9. The van der Waals surface area contributed by atoms with Crippen molar-refractivity contribution in [3.05, 3.63) is 39.9 Å². The molecule has 1 aromatic carbocycles. The third-order valence-corrected chi connectivity index (χ3v) is 1.50. The maximum atomic E-state index is 13.2. The molecule has 0 saturated heterocycles. The maximum absolute atomic E-state index is 13.2. The third kappa shape index (κ3) is 2.53.